The van der Waals surface area contributed by atoms with E-state index >= 15 is 0 Å². The Labute approximate surface area is 95.9 Å². The predicted octanol–water partition coefficient (Wildman–Crippen LogP) is 2.50. The highest BCUT2D eigenvalue weighted by atomic mass is 32.1. The molecule has 84 valence electrons. The summed E-state index contributed by atoms with van der Waals surface area (Å²) >= 11 is 1.86. The van der Waals surface area contributed by atoms with Crippen molar-refractivity contribution in [3.05, 3.63) is 22.4 Å². The van der Waals surface area contributed by atoms with Crippen LogP contribution < -0.4 is 11.1 Å². The van der Waals surface area contributed by atoms with E-state index in [9.17, 15) is 0 Å². The van der Waals surface area contributed by atoms with Gasteiger partial charge in [-0.3, -0.25) is 5.32 Å². The minimum absolute atomic E-state index is 0.223. The molecule has 2 heterocycles. The summed E-state index contributed by atoms with van der Waals surface area (Å²) in [6, 6.07) is 4.98. The molecule has 0 radical (unpaired) electrons. The summed E-state index contributed by atoms with van der Waals surface area (Å²) in [6.45, 7) is 0. The Morgan fingerprint density at radius 1 is 1.40 bits per heavy atom. The number of rotatable bonds is 3. The molecule has 1 aromatic rings. The molecular weight excluding hydrogens is 204 g/mol. The third-order valence-corrected chi connectivity index (χ3v) is 4.02. The third-order valence-electron chi connectivity index (χ3n) is 3.09. The molecule has 0 aromatic carbocycles. The summed E-state index contributed by atoms with van der Waals surface area (Å²) in [5.74, 6) is 0. The van der Waals surface area contributed by atoms with Crippen LogP contribution in [0.4, 0.5) is 0 Å². The topological polar surface area (TPSA) is 38.0 Å². The minimum atomic E-state index is 0.223. The molecule has 2 atom stereocenters. The summed E-state index contributed by atoms with van der Waals surface area (Å²) in [5.41, 5.74) is 5.97. The largest absolute Gasteiger partial charge is 0.316 e. The zero-order valence-electron chi connectivity index (χ0n) is 9.11. The molecule has 1 aromatic heterocycles. The lowest BCUT2D eigenvalue weighted by Gasteiger charge is -2.19. The molecule has 1 aliphatic heterocycles. The molecule has 1 aliphatic rings. The van der Waals surface area contributed by atoms with Gasteiger partial charge < -0.3 is 5.73 Å². The van der Waals surface area contributed by atoms with Gasteiger partial charge in [-0.1, -0.05) is 18.9 Å². The summed E-state index contributed by atoms with van der Waals surface area (Å²) in [6.07, 6.45) is 7.69. The Morgan fingerprint density at radius 3 is 3.07 bits per heavy atom. The fourth-order valence-electron chi connectivity index (χ4n) is 2.22. The normalized spacial score (nSPS) is 27.5. The average Bonchev–Trinajstić information content (AvgIpc) is 2.65. The molecule has 0 aliphatic carbocycles. The van der Waals surface area contributed by atoms with E-state index in [4.69, 9.17) is 5.73 Å². The van der Waals surface area contributed by atoms with E-state index in [1.54, 1.807) is 0 Å². The van der Waals surface area contributed by atoms with Crippen molar-refractivity contribution in [2.24, 2.45) is 5.73 Å². The van der Waals surface area contributed by atoms with Crippen molar-refractivity contribution in [3.8, 4) is 0 Å². The zero-order chi connectivity index (χ0) is 10.5. The highest BCUT2D eigenvalue weighted by Gasteiger charge is 2.15. The van der Waals surface area contributed by atoms with Gasteiger partial charge in [-0.05, 0) is 37.1 Å². The van der Waals surface area contributed by atoms with Crippen LogP contribution in [-0.4, -0.2) is 12.2 Å². The highest BCUT2D eigenvalue weighted by molar-refractivity contribution is 7.09. The maximum absolute atomic E-state index is 5.97. The molecule has 3 heteroatoms. The molecule has 1 saturated heterocycles. The van der Waals surface area contributed by atoms with Gasteiger partial charge in [0.1, 0.15) is 0 Å². The van der Waals surface area contributed by atoms with Gasteiger partial charge in [0.15, 0.2) is 0 Å². The van der Waals surface area contributed by atoms with Gasteiger partial charge in [-0.25, -0.2) is 0 Å². The number of nitrogens with one attached hydrogen (secondary N) is 1. The SMILES string of the molecule is NC1CCCCC(CCc2cccs2)N1. The molecule has 0 saturated carbocycles. The van der Waals surface area contributed by atoms with Crippen molar-refractivity contribution in [3.63, 3.8) is 0 Å². The second-order valence-corrected chi connectivity index (χ2v) is 5.40. The number of hydrogen-bond acceptors (Lipinski definition) is 3. The fourth-order valence-corrected chi connectivity index (χ4v) is 2.95. The van der Waals surface area contributed by atoms with Crippen LogP contribution >= 0.6 is 11.3 Å². The summed E-state index contributed by atoms with van der Waals surface area (Å²) in [5, 5.41) is 5.68. The van der Waals surface area contributed by atoms with E-state index in [-0.39, 0.29) is 6.17 Å². The Balaban J connectivity index is 1.78. The number of thiophene rings is 1. The van der Waals surface area contributed by atoms with Crippen LogP contribution in [0.5, 0.6) is 0 Å². The maximum Gasteiger partial charge on any atom is 0.0548 e. The lowest BCUT2D eigenvalue weighted by molar-refractivity contribution is 0.418. The van der Waals surface area contributed by atoms with Crippen molar-refractivity contribution in [1.82, 2.24) is 5.32 Å². The molecule has 2 unspecified atom stereocenters. The standard InChI is InChI=1S/C12H20N2S/c13-12-6-2-1-4-10(14-12)7-8-11-5-3-9-15-11/h3,5,9-10,12,14H,1-2,4,6-8,13H2. The van der Waals surface area contributed by atoms with Crippen LogP contribution in [0, 0.1) is 0 Å². The molecule has 0 bridgehead atoms. The lowest BCUT2D eigenvalue weighted by atomic mass is 10.1. The molecule has 2 rings (SSSR count). The molecule has 3 N–H and O–H groups in total. The van der Waals surface area contributed by atoms with Crippen LogP contribution in [0.1, 0.15) is 37.0 Å². The number of nitrogens with two attached hydrogens (primary N) is 1. The molecular formula is C12H20N2S. The van der Waals surface area contributed by atoms with Crippen LogP contribution in [0.3, 0.4) is 0 Å². The van der Waals surface area contributed by atoms with Gasteiger partial charge >= 0.3 is 0 Å². The molecule has 1 fully saturated rings. The lowest BCUT2D eigenvalue weighted by Crippen LogP contribution is -2.42. The fraction of sp³-hybridized carbons (Fsp3) is 0.667. The predicted molar refractivity (Wildman–Crippen MR) is 66.0 cm³/mol. The molecule has 0 spiro atoms. The molecule has 0 amide bonds. The van der Waals surface area contributed by atoms with Gasteiger partial charge in [-0.15, -0.1) is 11.3 Å². The monoisotopic (exact) mass is 224 g/mol. The van der Waals surface area contributed by atoms with E-state index in [0.29, 0.717) is 6.04 Å². The van der Waals surface area contributed by atoms with Crippen LogP contribution in [0.15, 0.2) is 17.5 Å². The van der Waals surface area contributed by atoms with Crippen molar-refractivity contribution >= 4 is 11.3 Å². The van der Waals surface area contributed by atoms with Crippen molar-refractivity contribution in [2.75, 3.05) is 0 Å². The second-order valence-electron chi connectivity index (χ2n) is 4.37. The second kappa shape index (κ2) is 5.64. The summed E-state index contributed by atoms with van der Waals surface area (Å²) < 4.78 is 0. The first-order valence-corrected chi connectivity index (χ1v) is 6.76. The van der Waals surface area contributed by atoms with E-state index in [1.165, 1.54) is 37.0 Å². The van der Waals surface area contributed by atoms with E-state index in [2.05, 4.69) is 22.8 Å². The minimum Gasteiger partial charge on any atom is -0.316 e. The first-order valence-electron chi connectivity index (χ1n) is 5.88. The first-order chi connectivity index (χ1) is 7.34. The van der Waals surface area contributed by atoms with Crippen LogP contribution in [0.25, 0.3) is 0 Å². The van der Waals surface area contributed by atoms with Crippen molar-refractivity contribution in [2.45, 2.75) is 50.7 Å². The Hall–Kier alpha value is -0.380. The Bertz CT molecular complexity index is 271. The molecule has 15 heavy (non-hydrogen) atoms. The van der Waals surface area contributed by atoms with Gasteiger partial charge in [-0.2, -0.15) is 0 Å². The van der Waals surface area contributed by atoms with Gasteiger partial charge in [0.05, 0.1) is 6.17 Å². The zero-order valence-corrected chi connectivity index (χ0v) is 9.93. The number of hydrogen-bond donors (Lipinski definition) is 2. The Morgan fingerprint density at radius 2 is 2.27 bits per heavy atom. The van der Waals surface area contributed by atoms with Gasteiger partial charge in [0.25, 0.3) is 0 Å². The van der Waals surface area contributed by atoms with Crippen molar-refractivity contribution in [1.29, 1.82) is 0 Å². The summed E-state index contributed by atoms with van der Waals surface area (Å²) in [7, 11) is 0. The van der Waals surface area contributed by atoms with E-state index in [1.807, 2.05) is 11.3 Å². The third kappa shape index (κ3) is 3.59. The highest BCUT2D eigenvalue weighted by Crippen LogP contribution is 2.17. The van der Waals surface area contributed by atoms with E-state index in [0.717, 1.165) is 6.42 Å². The van der Waals surface area contributed by atoms with Crippen LogP contribution in [0.2, 0.25) is 0 Å². The Kier molecular flexibility index (Phi) is 4.18. The molecule has 2 nitrogen and oxygen atoms in total. The van der Waals surface area contributed by atoms with Gasteiger partial charge in [0.2, 0.25) is 0 Å². The first kappa shape index (κ1) is 11.1. The van der Waals surface area contributed by atoms with Crippen molar-refractivity contribution < 1.29 is 0 Å². The quantitative estimate of drug-likeness (QED) is 0.828. The maximum atomic E-state index is 5.97. The average molecular weight is 224 g/mol. The van der Waals surface area contributed by atoms with Gasteiger partial charge in [0, 0.05) is 10.9 Å². The number of aryl methyl sites for hydroxylation is 1. The smallest absolute Gasteiger partial charge is 0.0548 e. The van der Waals surface area contributed by atoms with Crippen LogP contribution in [-0.2, 0) is 6.42 Å². The van der Waals surface area contributed by atoms with E-state index < -0.39 is 0 Å². The summed E-state index contributed by atoms with van der Waals surface area (Å²) in [4.78, 5) is 1.50.